The van der Waals surface area contributed by atoms with Crippen LogP contribution >= 0.6 is 0 Å². The number of allylic oxidation sites excluding steroid dienone is 2. The summed E-state index contributed by atoms with van der Waals surface area (Å²) in [4.78, 5) is 0. The monoisotopic (exact) mass is 152 g/mol. The van der Waals surface area contributed by atoms with E-state index in [2.05, 4.69) is 33.9 Å². The third-order valence-corrected chi connectivity index (χ3v) is 2.01. The third kappa shape index (κ3) is 3.41. The first kappa shape index (κ1) is 10.5. The van der Waals surface area contributed by atoms with Gasteiger partial charge in [0.15, 0.2) is 0 Å². The van der Waals surface area contributed by atoms with E-state index in [1.165, 1.54) is 12.0 Å². The quantitative estimate of drug-likeness (QED) is 0.526. The Kier molecular flexibility index (Phi) is 4.93. The average molecular weight is 152 g/mol. The number of rotatable bonds is 5. The summed E-state index contributed by atoms with van der Waals surface area (Å²) in [6, 6.07) is 0. The molecule has 0 saturated heterocycles. The second-order valence-electron chi connectivity index (χ2n) is 3.41. The van der Waals surface area contributed by atoms with Crippen LogP contribution in [-0.4, -0.2) is 0 Å². The molecule has 0 N–H and O–H groups in total. The van der Waals surface area contributed by atoms with Crippen molar-refractivity contribution in [3.05, 3.63) is 24.8 Å². The van der Waals surface area contributed by atoms with Gasteiger partial charge in [-0.2, -0.15) is 0 Å². The SMILES string of the molecule is C=CC(C(=C)CCC)C(C)C. The Balaban J connectivity index is 4.03. The topological polar surface area (TPSA) is 0 Å². The van der Waals surface area contributed by atoms with Crippen molar-refractivity contribution >= 4 is 0 Å². The zero-order valence-corrected chi connectivity index (χ0v) is 8.06. The van der Waals surface area contributed by atoms with Crippen molar-refractivity contribution in [1.29, 1.82) is 0 Å². The molecule has 0 radical (unpaired) electrons. The standard InChI is InChI=1S/C11H20/c1-6-8-10(5)11(7-2)9(3)4/h7,9,11H,2,5-6,8H2,1,3-4H3. The van der Waals surface area contributed by atoms with E-state index in [1.807, 2.05) is 6.08 Å². The number of hydrogen-bond acceptors (Lipinski definition) is 0. The lowest BCUT2D eigenvalue weighted by molar-refractivity contribution is 0.512. The maximum absolute atomic E-state index is 4.07. The van der Waals surface area contributed by atoms with Gasteiger partial charge in [-0.15, -0.1) is 6.58 Å². The van der Waals surface area contributed by atoms with Crippen LogP contribution in [0.4, 0.5) is 0 Å². The minimum absolute atomic E-state index is 0.509. The van der Waals surface area contributed by atoms with Crippen LogP contribution in [0, 0.1) is 11.8 Å². The summed E-state index contributed by atoms with van der Waals surface area (Å²) in [5, 5.41) is 0. The van der Waals surface area contributed by atoms with Gasteiger partial charge in [0.2, 0.25) is 0 Å². The van der Waals surface area contributed by atoms with Crippen LogP contribution < -0.4 is 0 Å². The molecule has 0 bridgehead atoms. The van der Waals surface area contributed by atoms with Crippen LogP contribution in [0.25, 0.3) is 0 Å². The van der Waals surface area contributed by atoms with Crippen molar-refractivity contribution in [2.45, 2.75) is 33.6 Å². The summed E-state index contributed by atoms with van der Waals surface area (Å²) >= 11 is 0. The van der Waals surface area contributed by atoms with E-state index < -0.39 is 0 Å². The Morgan fingerprint density at radius 1 is 1.45 bits per heavy atom. The Morgan fingerprint density at radius 3 is 2.27 bits per heavy atom. The van der Waals surface area contributed by atoms with Crippen molar-refractivity contribution in [1.82, 2.24) is 0 Å². The van der Waals surface area contributed by atoms with Crippen LogP contribution in [0.2, 0.25) is 0 Å². The van der Waals surface area contributed by atoms with Crippen LogP contribution in [0.5, 0.6) is 0 Å². The van der Waals surface area contributed by atoms with Gasteiger partial charge in [-0.1, -0.05) is 45.4 Å². The van der Waals surface area contributed by atoms with Gasteiger partial charge >= 0.3 is 0 Å². The molecule has 0 heterocycles. The minimum Gasteiger partial charge on any atom is -0.102 e. The van der Waals surface area contributed by atoms with Crippen molar-refractivity contribution in [3.63, 3.8) is 0 Å². The Bertz CT molecular complexity index is 131. The van der Waals surface area contributed by atoms with Crippen molar-refractivity contribution in [2.75, 3.05) is 0 Å². The second-order valence-corrected chi connectivity index (χ2v) is 3.41. The first-order valence-corrected chi connectivity index (χ1v) is 4.43. The molecule has 0 fully saturated rings. The van der Waals surface area contributed by atoms with E-state index in [9.17, 15) is 0 Å². The highest BCUT2D eigenvalue weighted by molar-refractivity contribution is 5.08. The normalized spacial score (nSPS) is 13.1. The van der Waals surface area contributed by atoms with Crippen molar-refractivity contribution < 1.29 is 0 Å². The van der Waals surface area contributed by atoms with Gasteiger partial charge in [-0.05, 0) is 18.3 Å². The zero-order valence-electron chi connectivity index (χ0n) is 8.06. The van der Waals surface area contributed by atoms with Crippen LogP contribution in [0.1, 0.15) is 33.6 Å². The lowest BCUT2D eigenvalue weighted by Crippen LogP contribution is -2.07. The summed E-state index contributed by atoms with van der Waals surface area (Å²) in [7, 11) is 0. The van der Waals surface area contributed by atoms with Gasteiger partial charge in [-0.3, -0.25) is 0 Å². The lowest BCUT2D eigenvalue weighted by atomic mass is 9.87. The van der Waals surface area contributed by atoms with E-state index in [0.717, 1.165) is 6.42 Å². The summed E-state index contributed by atoms with van der Waals surface area (Å²) in [5.41, 5.74) is 1.33. The third-order valence-electron chi connectivity index (χ3n) is 2.01. The molecular weight excluding hydrogens is 132 g/mol. The van der Waals surface area contributed by atoms with Gasteiger partial charge in [0, 0.05) is 0 Å². The fraction of sp³-hybridized carbons (Fsp3) is 0.636. The molecule has 0 aliphatic heterocycles. The van der Waals surface area contributed by atoms with E-state index in [4.69, 9.17) is 0 Å². The first-order valence-electron chi connectivity index (χ1n) is 4.43. The molecule has 0 nitrogen and oxygen atoms in total. The van der Waals surface area contributed by atoms with E-state index in [1.54, 1.807) is 0 Å². The first-order chi connectivity index (χ1) is 5.13. The molecule has 0 aliphatic carbocycles. The maximum atomic E-state index is 4.07. The van der Waals surface area contributed by atoms with Gasteiger partial charge in [0.25, 0.3) is 0 Å². The second kappa shape index (κ2) is 5.17. The molecule has 64 valence electrons. The Labute approximate surface area is 71.0 Å². The highest BCUT2D eigenvalue weighted by Crippen LogP contribution is 2.23. The Morgan fingerprint density at radius 2 is 2.00 bits per heavy atom. The molecule has 0 aromatic carbocycles. The minimum atomic E-state index is 0.509. The fourth-order valence-electron chi connectivity index (χ4n) is 1.40. The zero-order chi connectivity index (χ0) is 8.85. The molecule has 0 saturated carbocycles. The lowest BCUT2D eigenvalue weighted by Gasteiger charge is -2.18. The molecule has 0 amide bonds. The van der Waals surface area contributed by atoms with E-state index in [-0.39, 0.29) is 0 Å². The maximum Gasteiger partial charge on any atom is -0.000562 e. The van der Waals surface area contributed by atoms with Gasteiger partial charge < -0.3 is 0 Å². The highest BCUT2D eigenvalue weighted by atomic mass is 14.2. The largest absolute Gasteiger partial charge is 0.102 e. The Hall–Kier alpha value is -0.520. The van der Waals surface area contributed by atoms with E-state index >= 15 is 0 Å². The van der Waals surface area contributed by atoms with Gasteiger partial charge in [0.1, 0.15) is 0 Å². The van der Waals surface area contributed by atoms with Crippen LogP contribution in [0.3, 0.4) is 0 Å². The molecule has 0 spiro atoms. The van der Waals surface area contributed by atoms with Crippen molar-refractivity contribution in [2.24, 2.45) is 11.8 Å². The van der Waals surface area contributed by atoms with Crippen LogP contribution in [0.15, 0.2) is 24.8 Å². The van der Waals surface area contributed by atoms with Crippen LogP contribution in [-0.2, 0) is 0 Å². The number of hydrogen-bond donors (Lipinski definition) is 0. The van der Waals surface area contributed by atoms with Gasteiger partial charge in [-0.25, -0.2) is 0 Å². The van der Waals surface area contributed by atoms with Crippen molar-refractivity contribution in [3.8, 4) is 0 Å². The summed E-state index contributed by atoms with van der Waals surface area (Å²) in [5.74, 6) is 1.15. The predicted octanol–water partition coefficient (Wildman–Crippen LogP) is 3.80. The summed E-state index contributed by atoms with van der Waals surface area (Å²) in [6.07, 6.45) is 4.34. The molecular formula is C11H20. The average Bonchev–Trinajstić information content (AvgIpc) is 1.88. The smallest absolute Gasteiger partial charge is 0.000562 e. The molecule has 1 atom stereocenters. The highest BCUT2D eigenvalue weighted by Gasteiger charge is 2.11. The molecule has 11 heavy (non-hydrogen) atoms. The molecule has 1 unspecified atom stereocenters. The molecule has 0 rings (SSSR count). The van der Waals surface area contributed by atoms with Gasteiger partial charge in [0.05, 0.1) is 0 Å². The summed E-state index contributed by atoms with van der Waals surface area (Å²) in [6.45, 7) is 14.5. The molecule has 0 aromatic rings. The predicted molar refractivity (Wildman–Crippen MR) is 52.6 cm³/mol. The summed E-state index contributed by atoms with van der Waals surface area (Å²) < 4.78 is 0. The molecule has 0 aromatic heterocycles. The molecule has 0 heteroatoms. The fourth-order valence-corrected chi connectivity index (χ4v) is 1.40. The van der Waals surface area contributed by atoms with E-state index in [0.29, 0.717) is 11.8 Å². The molecule has 0 aliphatic rings.